The topological polar surface area (TPSA) is 47.3 Å². The fraction of sp³-hybridized carbons (Fsp3) is 0.467. The van der Waals surface area contributed by atoms with E-state index in [0.29, 0.717) is 25.7 Å². The quantitative estimate of drug-likeness (QED) is 0.733. The summed E-state index contributed by atoms with van der Waals surface area (Å²) in [4.78, 5) is 16.1. The number of benzene rings is 1. The minimum Gasteiger partial charge on any atom is -0.312 e. The van der Waals surface area contributed by atoms with Crippen molar-refractivity contribution < 1.29 is 4.79 Å². The van der Waals surface area contributed by atoms with Crippen molar-refractivity contribution in [1.82, 2.24) is 4.90 Å². The maximum atomic E-state index is 12.4. The summed E-state index contributed by atoms with van der Waals surface area (Å²) in [6, 6.07) is 12.2. The highest BCUT2D eigenvalue weighted by molar-refractivity contribution is 5.94. The Hall–Kier alpha value is -1.86. The Kier molecular flexibility index (Phi) is 4.53. The molecule has 0 unspecified atom stereocenters. The number of nitrogens with zero attached hydrogens (tertiary/aromatic N) is 3. The van der Waals surface area contributed by atoms with Gasteiger partial charge in [-0.15, -0.1) is 0 Å². The lowest BCUT2D eigenvalue weighted by Crippen LogP contribution is -2.41. The van der Waals surface area contributed by atoms with Crippen LogP contribution in [0.4, 0.5) is 5.69 Å². The first-order chi connectivity index (χ1) is 9.26. The van der Waals surface area contributed by atoms with Gasteiger partial charge in [-0.3, -0.25) is 9.69 Å². The van der Waals surface area contributed by atoms with Crippen LogP contribution in [0.5, 0.6) is 0 Å². The molecule has 1 saturated carbocycles. The molecule has 4 nitrogen and oxygen atoms in total. The Bertz CT molecular complexity index is 462. The summed E-state index contributed by atoms with van der Waals surface area (Å²) in [5.41, 5.74) is 0.919. The van der Waals surface area contributed by atoms with Crippen molar-refractivity contribution in [3.8, 4) is 6.07 Å². The molecular weight excluding hydrogens is 238 g/mol. The van der Waals surface area contributed by atoms with Gasteiger partial charge in [0.25, 0.3) is 0 Å². The zero-order valence-electron chi connectivity index (χ0n) is 11.2. The third kappa shape index (κ3) is 3.55. The van der Waals surface area contributed by atoms with Gasteiger partial charge in [-0.2, -0.15) is 5.26 Å². The summed E-state index contributed by atoms with van der Waals surface area (Å²) in [6.45, 7) is 3.29. The van der Waals surface area contributed by atoms with Crippen LogP contribution in [0.1, 0.15) is 19.8 Å². The molecule has 0 radical (unpaired) electrons. The van der Waals surface area contributed by atoms with Crippen LogP contribution in [-0.2, 0) is 4.79 Å². The van der Waals surface area contributed by atoms with Crippen molar-refractivity contribution in [2.45, 2.75) is 25.8 Å². The van der Waals surface area contributed by atoms with E-state index in [1.165, 1.54) is 0 Å². The van der Waals surface area contributed by atoms with Crippen LogP contribution < -0.4 is 4.90 Å². The Morgan fingerprint density at radius 1 is 1.37 bits per heavy atom. The van der Waals surface area contributed by atoms with Crippen LogP contribution in [0.3, 0.4) is 0 Å². The van der Waals surface area contributed by atoms with E-state index in [1.807, 2.05) is 42.2 Å². The van der Waals surface area contributed by atoms with Crippen LogP contribution in [0.2, 0.25) is 0 Å². The molecule has 0 atom stereocenters. The molecule has 1 aromatic carbocycles. The Morgan fingerprint density at radius 3 is 2.58 bits per heavy atom. The van der Waals surface area contributed by atoms with Gasteiger partial charge in [-0.25, -0.2) is 0 Å². The molecule has 2 rings (SSSR count). The van der Waals surface area contributed by atoms with E-state index < -0.39 is 0 Å². The molecule has 1 aliphatic carbocycles. The molecule has 1 fully saturated rings. The highest BCUT2D eigenvalue weighted by Crippen LogP contribution is 2.26. The average Bonchev–Trinajstić information content (AvgIpc) is 3.25. The number of rotatable bonds is 6. The Labute approximate surface area is 114 Å². The third-order valence-electron chi connectivity index (χ3n) is 3.36. The van der Waals surface area contributed by atoms with Crippen LogP contribution >= 0.6 is 0 Å². The van der Waals surface area contributed by atoms with E-state index in [1.54, 1.807) is 4.90 Å². The number of likely N-dealkylation sites (N-methyl/N-ethyl adjacent to an activating group) is 1. The number of carbonyl (C=O) groups is 1. The van der Waals surface area contributed by atoms with Crippen LogP contribution in [-0.4, -0.2) is 36.5 Å². The second kappa shape index (κ2) is 6.35. The molecule has 19 heavy (non-hydrogen) atoms. The van der Waals surface area contributed by atoms with E-state index in [0.717, 1.165) is 18.5 Å². The number of para-hydroxylation sites is 1. The molecule has 1 amide bonds. The van der Waals surface area contributed by atoms with Crippen molar-refractivity contribution in [3.63, 3.8) is 0 Å². The molecule has 0 heterocycles. The molecule has 0 aliphatic heterocycles. The molecule has 0 bridgehead atoms. The van der Waals surface area contributed by atoms with Gasteiger partial charge in [0.05, 0.1) is 19.2 Å². The average molecular weight is 257 g/mol. The molecule has 0 saturated heterocycles. The number of anilines is 1. The highest BCUT2D eigenvalue weighted by Gasteiger charge is 2.31. The summed E-state index contributed by atoms with van der Waals surface area (Å²) in [6.07, 6.45) is 2.21. The van der Waals surface area contributed by atoms with Crippen LogP contribution in [0.25, 0.3) is 0 Å². The van der Waals surface area contributed by atoms with E-state index in [2.05, 4.69) is 6.07 Å². The van der Waals surface area contributed by atoms with Crippen molar-refractivity contribution in [2.75, 3.05) is 24.5 Å². The second-order valence-electron chi connectivity index (χ2n) is 4.77. The molecule has 0 N–H and O–H groups in total. The number of amides is 1. The lowest BCUT2D eigenvalue weighted by molar-refractivity contribution is -0.119. The minimum atomic E-state index is 0.0656. The molecule has 1 aliphatic rings. The van der Waals surface area contributed by atoms with Gasteiger partial charge in [0.2, 0.25) is 5.91 Å². The summed E-state index contributed by atoms with van der Waals surface area (Å²) < 4.78 is 0. The maximum absolute atomic E-state index is 12.4. The predicted molar refractivity (Wildman–Crippen MR) is 74.7 cm³/mol. The van der Waals surface area contributed by atoms with E-state index >= 15 is 0 Å². The highest BCUT2D eigenvalue weighted by atomic mass is 16.2. The Morgan fingerprint density at radius 2 is 2.05 bits per heavy atom. The first-order valence-electron chi connectivity index (χ1n) is 6.72. The van der Waals surface area contributed by atoms with Crippen LogP contribution in [0.15, 0.2) is 30.3 Å². The first kappa shape index (κ1) is 13.6. The fourth-order valence-corrected chi connectivity index (χ4v) is 2.21. The number of carbonyl (C=O) groups excluding carboxylic acids is 1. The zero-order chi connectivity index (χ0) is 13.7. The van der Waals surface area contributed by atoms with Gasteiger partial charge in [-0.1, -0.05) is 18.2 Å². The van der Waals surface area contributed by atoms with Crippen LogP contribution in [0, 0.1) is 11.3 Å². The van der Waals surface area contributed by atoms with Gasteiger partial charge in [0, 0.05) is 18.3 Å². The van der Waals surface area contributed by atoms with Crippen molar-refractivity contribution >= 4 is 11.6 Å². The van der Waals surface area contributed by atoms with Gasteiger partial charge in [0.15, 0.2) is 0 Å². The van der Waals surface area contributed by atoms with E-state index in [9.17, 15) is 4.79 Å². The van der Waals surface area contributed by atoms with E-state index in [-0.39, 0.29) is 5.91 Å². The van der Waals surface area contributed by atoms with Crippen molar-refractivity contribution in [1.29, 1.82) is 5.26 Å². The monoisotopic (exact) mass is 257 g/mol. The molecule has 100 valence electrons. The first-order valence-corrected chi connectivity index (χ1v) is 6.72. The molecule has 0 aromatic heterocycles. The number of hydrogen-bond donors (Lipinski definition) is 0. The van der Waals surface area contributed by atoms with Gasteiger partial charge < -0.3 is 4.90 Å². The normalized spacial score (nSPS) is 14.2. The minimum absolute atomic E-state index is 0.0656. The molecular formula is C15H19N3O. The van der Waals surface area contributed by atoms with Gasteiger partial charge >= 0.3 is 0 Å². The second-order valence-corrected chi connectivity index (χ2v) is 4.77. The smallest absolute Gasteiger partial charge is 0.241 e. The molecule has 1 aromatic rings. The summed E-state index contributed by atoms with van der Waals surface area (Å²) in [5, 5.41) is 8.82. The Balaban J connectivity index is 2.02. The summed E-state index contributed by atoms with van der Waals surface area (Å²) in [7, 11) is 0. The number of hydrogen-bond acceptors (Lipinski definition) is 3. The summed E-state index contributed by atoms with van der Waals surface area (Å²) >= 11 is 0. The lowest BCUT2D eigenvalue weighted by Gasteiger charge is -2.25. The van der Waals surface area contributed by atoms with Crippen molar-refractivity contribution in [3.05, 3.63) is 30.3 Å². The number of nitriles is 1. The standard InChI is InChI=1S/C15H19N3O/c1-2-18(14-6-4-3-5-7-14)15(19)12-17(11-10-16)13-8-9-13/h3-7,13H,2,8-9,11-12H2,1H3. The van der Waals surface area contributed by atoms with Crippen molar-refractivity contribution in [2.24, 2.45) is 0 Å². The van der Waals surface area contributed by atoms with E-state index in [4.69, 9.17) is 5.26 Å². The van der Waals surface area contributed by atoms with Gasteiger partial charge in [-0.05, 0) is 31.9 Å². The molecule has 4 heteroatoms. The third-order valence-corrected chi connectivity index (χ3v) is 3.36. The SMILES string of the molecule is CCN(C(=O)CN(CC#N)C1CC1)c1ccccc1. The maximum Gasteiger partial charge on any atom is 0.241 e. The van der Waals surface area contributed by atoms with Gasteiger partial charge in [0.1, 0.15) is 0 Å². The molecule has 0 spiro atoms. The predicted octanol–water partition coefficient (Wildman–Crippen LogP) is 2.03. The summed E-state index contributed by atoms with van der Waals surface area (Å²) in [5.74, 6) is 0.0656. The zero-order valence-corrected chi connectivity index (χ0v) is 11.2. The largest absolute Gasteiger partial charge is 0.312 e. The lowest BCUT2D eigenvalue weighted by atomic mass is 10.2. The fourth-order valence-electron chi connectivity index (χ4n) is 2.21.